The van der Waals surface area contributed by atoms with Gasteiger partial charge in [0.05, 0.1) is 6.54 Å². The summed E-state index contributed by atoms with van der Waals surface area (Å²) in [5.41, 5.74) is 0. The maximum atomic E-state index is 12.1. The number of rotatable bonds is 9. The van der Waals surface area contributed by atoms with E-state index in [0.717, 1.165) is 32.5 Å². The van der Waals surface area contributed by atoms with Crippen LogP contribution in [-0.2, 0) is 4.79 Å². The number of amides is 1. The lowest BCUT2D eigenvalue weighted by molar-refractivity contribution is -0.123. The Morgan fingerprint density at radius 1 is 1.25 bits per heavy atom. The fourth-order valence-electron chi connectivity index (χ4n) is 2.90. The highest BCUT2D eigenvalue weighted by Gasteiger charge is 2.24. The van der Waals surface area contributed by atoms with Crippen LogP contribution in [0.15, 0.2) is 0 Å². The van der Waals surface area contributed by atoms with Gasteiger partial charge in [-0.15, -0.1) is 0 Å². The summed E-state index contributed by atoms with van der Waals surface area (Å²) < 4.78 is 0. The smallest absolute Gasteiger partial charge is 0.234 e. The van der Waals surface area contributed by atoms with Gasteiger partial charge < -0.3 is 10.6 Å². The molecule has 0 aromatic rings. The van der Waals surface area contributed by atoms with Gasteiger partial charge in [0.2, 0.25) is 5.91 Å². The Kier molecular flexibility index (Phi) is 8.86. The van der Waals surface area contributed by atoms with Crippen molar-refractivity contribution in [2.75, 3.05) is 26.2 Å². The predicted octanol–water partition coefficient (Wildman–Crippen LogP) is 2.15. The molecule has 1 aliphatic heterocycles. The maximum Gasteiger partial charge on any atom is 0.234 e. The Morgan fingerprint density at radius 3 is 2.65 bits per heavy atom. The molecule has 0 bridgehead atoms. The molecular weight excluding hydrogens is 250 g/mol. The Balaban J connectivity index is 2.38. The molecule has 0 spiro atoms. The molecule has 1 aliphatic rings. The Morgan fingerprint density at radius 2 is 2.00 bits per heavy atom. The molecule has 1 atom stereocenters. The summed E-state index contributed by atoms with van der Waals surface area (Å²) in [7, 11) is 0. The normalized spacial score (nSPS) is 20.3. The summed E-state index contributed by atoms with van der Waals surface area (Å²) in [6, 6.07) is 0.867. The summed E-state index contributed by atoms with van der Waals surface area (Å²) in [6.45, 7) is 10.2. The first-order chi connectivity index (χ1) is 9.71. The SMILES string of the molecule is CCCNCC1CCCCN1CC(=O)NC(CC)CC. The number of likely N-dealkylation sites (tertiary alicyclic amines) is 1. The zero-order valence-corrected chi connectivity index (χ0v) is 13.6. The van der Waals surface area contributed by atoms with Crippen LogP contribution >= 0.6 is 0 Å². The summed E-state index contributed by atoms with van der Waals surface area (Å²) in [5, 5.41) is 6.65. The van der Waals surface area contributed by atoms with Crippen LogP contribution in [0.3, 0.4) is 0 Å². The zero-order chi connectivity index (χ0) is 14.8. The second-order valence-corrected chi connectivity index (χ2v) is 5.91. The first-order valence-electron chi connectivity index (χ1n) is 8.45. The number of carbonyl (C=O) groups is 1. The van der Waals surface area contributed by atoms with Crippen molar-refractivity contribution in [2.24, 2.45) is 0 Å². The van der Waals surface area contributed by atoms with Gasteiger partial charge in [-0.05, 0) is 45.2 Å². The molecule has 0 aromatic carbocycles. The molecule has 1 rings (SSSR count). The van der Waals surface area contributed by atoms with Crippen LogP contribution in [0.1, 0.15) is 59.3 Å². The van der Waals surface area contributed by atoms with Crippen molar-refractivity contribution in [3.63, 3.8) is 0 Å². The molecule has 1 heterocycles. The number of nitrogens with zero attached hydrogens (tertiary/aromatic N) is 1. The summed E-state index contributed by atoms with van der Waals surface area (Å²) in [5.74, 6) is 0.195. The zero-order valence-electron chi connectivity index (χ0n) is 13.6. The fourth-order valence-corrected chi connectivity index (χ4v) is 2.90. The first-order valence-corrected chi connectivity index (χ1v) is 8.45. The van der Waals surface area contributed by atoms with Crippen molar-refractivity contribution < 1.29 is 4.79 Å². The van der Waals surface area contributed by atoms with E-state index in [0.29, 0.717) is 18.6 Å². The van der Waals surface area contributed by atoms with E-state index in [-0.39, 0.29) is 5.91 Å². The van der Waals surface area contributed by atoms with Crippen molar-refractivity contribution in [2.45, 2.75) is 71.4 Å². The number of hydrogen-bond acceptors (Lipinski definition) is 3. The molecule has 0 aromatic heterocycles. The Hall–Kier alpha value is -0.610. The molecule has 2 N–H and O–H groups in total. The van der Waals surface area contributed by atoms with Gasteiger partial charge in [-0.2, -0.15) is 0 Å². The number of piperidine rings is 1. The van der Waals surface area contributed by atoms with Crippen molar-refractivity contribution >= 4 is 5.91 Å². The van der Waals surface area contributed by atoms with Gasteiger partial charge in [0.15, 0.2) is 0 Å². The van der Waals surface area contributed by atoms with Crippen molar-refractivity contribution in [3.05, 3.63) is 0 Å². The maximum absolute atomic E-state index is 12.1. The predicted molar refractivity (Wildman–Crippen MR) is 84.9 cm³/mol. The molecule has 0 saturated carbocycles. The number of carbonyl (C=O) groups excluding carboxylic acids is 1. The lowest BCUT2D eigenvalue weighted by Gasteiger charge is -2.35. The Labute approximate surface area is 124 Å². The second-order valence-electron chi connectivity index (χ2n) is 5.91. The van der Waals surface area contributed by atoms with E-state index in [1.54, 1.807) is 0 Å². The molecule has 4 heteroatoms. The minimum Gasteiger partial charge on any atom is -0.352 e. The second kappa shape index (κ2) is 10.2. The van der Waals surface area contributed by atoms with Crippen LogP contribution in [0.2, 0.25) is 0 Å². The number of nitrogens with one attached hydrogen (secondary N) is 2. The van der Waals surface area contributed by atoms with Gasteiger partial charge in [0.25, 0.3) is 0 Å². The summed E-state index contributed by atoms with van der Waals surface area (Å²) in [4.78, 5) is 14.5. The molecule has 20 heavy (non-hydrogen) atoms. The van der Waals surface area contributed by atoms with Crippen molar-refractivity contribution in [3.8, 4) is 0 Å². The Bertz CT molecular complexity index is 266. The van der Waals surface area contributed by atoms with Gasteiger partial charge in [-0.3, -0.25) is 9.69 Å². The molecule has 4 nitrogen and oxygen atoms in total. The highest BCUT2D eigenvalue weighted by molar-refractivity contribution is 5.78. The fraction of sp³-hybridized carbons (Fsp3) is 0.938. The van der Waals surface area contributed by atoms with Crippen LogP contribution in [0, 0.1) is 0 Å². The minimum absolute atomic E-state index is 0.195. The number of hydrogen-bond donors (Lipinski definition) is 2. The summed E-state index contributed by atoms with van der Waals surface area (Å²) >= 11 is 0. The third-order valence-electron chi connectivity index (χ3n) is 4.25. The van der Waals surface area contributed by atoms with Crippen LogP contribution in [-0.4, -0.2) is 49.1 Å². The topological polar surface area (TPSA) is 44.4 Å². The highest BCUT2D eigenvalue weighted by Crippen LogP contribution is 2.16. The van der Waals surface area contributed by atoms with Gasteiger partial charge in [0.1, 0.15) is 0 Å². The molecule has 0 aliphatic carbocycles. The van der Waals surface area contributed by atoms with Gasteiger partial charge in [-0.25, -0.2) is 0 Å². The minimum atomic E-state index is 0.195. The molecule has 1 amide bonds. The van der Waals surface area contributed by atoms with Gasteiger partial charge in [-0.1, -0.05) is 27.2 Å². The highest BCUT2D eigenvalue weighted by atomic mass is 16.2. The average Bonchev–Trinajstić information content (AvgIpc) is 2.46. The monoisotopic (exact) mass is 283 g/mol. The van der Waals surface area contributed by atoms with E-state index in [9.17, 15) is 4.79 Å². The van der Waals surface area contributed by atoms with Gasteiger partial charge in [0, 0.05) is 18.6 Å². The summed E-state index contributed by atoms with van der Waals surface area (Å²) in [6.07, 6.45) is 6.94. The van der Waals surface area contributed by atoms with E-state index in [4.69, 9.17) is 0 Å². The van der Waals surface area contributed by atoms with E-state index >= 15 is 0 Å². The molecule has 1 saturated heterocycles. The van der Waals surface area contributed by atoms with Gasteiger partial charge >= 0.3 is 0 Å². The van der Waals surface area contributed by atoms with Crippen molar-refractivity contribution in [1.29, 1.82) is 0 Å². The average molecular weight is 283 g/mol. The largest absolute Gasteiger partial charge is 0.352 e. The lowest BCUT2D eigenvalue weighted by Crippen LogP contribution is -2.50. The first kappa shape index (κ1) is 17.4. The quantitative estimate of drug-likeness (QED) is 0.637. The molecule has 1 fully saturated rings. The molecule has 1 unspecified atom stereocenters. The van der Waals surface area contributed by atoms with Crippen molar-refractivity contribution in [1.82, 2.24) is 15.5 Å². The van der Waals surface area contributed by atoms with E-state index in [1.165, 1.54) is 25.7 Å². The lowest BCUT2D eigenvalue weighted by atomic mass is 10.0. The standard InChI is InChI=1S/C16H33N3O/c1-4-10-17-12-15-9-7-8-11-19(15)13-16(20)18-14(5-2)6-3/h14-15,17H,4-13H2,1-3H3,(H,18,20). The van der Waals surface area contributed by atoms with Crippen LogP contribution in [0.25, 0.3) is 0 Å². The third kappa shape index (κ3) is 6.23. The third-order valence-corrected chi connectivity index (χ3v) is 4.25. The van der Waals surface area contributed by atoms with E-state index < -0.39 is 0 Å². The van der Waals surface area contributed by atoms with E-state index in [1.807, 2.05) is 0 Å². The molecule has 118 valence electrons. The van der Waals surface area contributed by atoms with Crippen LogP contribution < -0.4 is 10.6 Å². The van der Waals surface area contributed by atoms with Crippen LogP contribution in [0.5, 0.6) is 0 Å². The molecule has 0 radical (unpaired) electrons. The van der Waals surface area contributed by atoms with Crippen LogP contribution in [0.4, 0.5) is 0 Å². The molecular formula is C16H33N3O. The van der Waals surface area contributed by atoms with E-state index in [2.05, 4.69) is 36.3 Å².